The van der Waals surface area contributed by atoms with Crippen molar-refractivity contribution in [1.29, 1.82) is 0 Å². The molecule has 0 spiro atoms. The molecule has 20 heavy (non-hydrogen) atoms. The van der Waals surface area contributed by atoms with Gasteiger partial charge in [-0.3, -0.25) is 14.3 Å². The number of ether oxygens (including phenoxy) is 1. The van der Waals surface area contributed by atoms with Crippen molar-refractivity contribution in [3.63, 3.8) is 0 Å². The van der Waals surface area contributed by atoms with Crippen LogP contribution in [0, 0.1) is 0 Å². The molecule has 0 aromatic carbocycles. The first-order valence-electron chi connectivity index (χ1n) is 5.84. The fourth-order valence-electron chi connectivity index (χ4n) is 1.50. The lowest BCUT2D eigenvalue weighted by Gasteiger charge is -2.10. The maximum Gasteiger partial charge on any atom is 0.327 e. The van der Waals surface area contributed by atoms with Crippen LogP contribution in [0.3, 0.4) is 0 Å². The van der Waals surface area contributed by atoms with Crippen molar-refractivity contribution in [2.75, 3.05) is 12.4 Å². The van der Waals surface area contributed by atoms with Gasteiger partial charge in [-0.2, -0.15) is 10.2 Å². The second kappa shape index (κ2) is 5.95. The highest BCUT2D eigenvalue weighted by atomic mass is 16.5. The topological polar surface area (TPSA) is 104 Å². The van der Waals surface area contributed by atoms with Crippen LogP contribution in [0.2, 0.25) is 0 Å². The van der Waals surface area contributed by atoms with Crippen molar-refractivity contribution in [1.82, 2.24) is 24.5 Å². The van der Waals surface area contributed by atoms with Crippen molar-refractivity contribution < 1.29 is 14.3 Å². The zero-order valence-electron chi connectivity index (χ0n) is 11.1. The number of anilines is 1. The van der Waals surface area contributed by atoms with Gasteiger partial charge in [-0.25, -0.2) is 9.67 Å². The van der Waals surface area contributed by atoms with Gasteiger partial charge in [-0.05, 0) is 6.92 Å². The SMILES string of the molecule is COC(=O)Cn1cc(NC(=O)C(C)n2cncn2)cn1. The lowest BCUT2D eigenvalue weighted by Crippen LogP contribution is -2.23. The number of amides is 1. The summed E-state index contributed by atoms with van der Waals surface area (Å²) < 4.78 is 7.34. The molecule has 0 saturated carbocycles. The molecule has 2 aromatic heterocycles. The van der Waals surface area contributed by atoms with Gasteiger partial charge >= 0.3 is 5.97 Å². The highest BCUT2D eigenvalue weighted by molar-refractivity contribution is 5.93. The van der Waals surface area contributed by atoms with E-state index in [9.17, 15) is 9.59 Å². The van der Waals surface area contributed by atoms with E-state index in [1.54, 1.807) is 13.1 Å². The Morgan fingerprint density at radius 2 is 2.25 bits per heavy atom. The summed E-state index contributed by atoms with van der Waals surface area (Å²) in [5, 5.41) is 10.5. The van der Waals surface area contributed by atoms with Crippen molar-refractivity contribution in [3.8, 4) is 0 Å². The second-order valence-corrected chi connectivity index (χ2v) is 4.04. The van der Waals surface area contributed by atoms with Crippen LogP contribution >= 0.6 is 0 Å². The van der Waals surface area contributed by atoms with Gasteiger partial charge in [0.15, 0.2) is 0 Å². The van der Waals surface area contributed by atoms with Gasteiger partial charge in [-0.15, -0.1) is 0 Å². The quantitative estimate of drug-likeness (QED) is 0.762. The van der Waals surface area contributed by atoms with Crippen LogP contribution in [0.5, 0.6) is 0 Å². The predicted molar refractivity (Wildman–Crippen MR) is 67.6 cm³/mol. The Bertz CT molecular complexity index is 591. The van der Waals surface area contributed by atoms with E-state index in [-0.39, 0.29) is 12.5 Å². The fraction of sp³-hybridized carbons (Fsp3) is 0.364. The number of nitrogens with zero attached hydrogens (tertiary/aromatic N) is 5. The molecule has 2 aromatic rings. The number of aromatic nitrogens is 5. The van der Waals surface area contributed by atoms with Gasteiger partial charge in [0.1, 0.15) is 25.2 Å². The van der Waals surface area contributed by atoms with Crippen molar-refractivity contribution in [3.05, 3.63) is 25.0 Å². The molecule has 0 aliphatic rings. The number of nitrogens with one attached hydrogen (secondary N) is 1. The van der Waals surface area contributed by atoms with Gasteiger partial charge in [-0.1, -0.05) is 0 Å². The van der Waals surface area contributed by atoms with Gasteiger partial charge in [0, 0.05) is 6.20 Å². The van der Waals surface area contributed by atoms with Crippen LogP contribution in [0.25, 0.3) is 0 Å². The summed E-state index contributed by atoms with van der Waals surface area (Å²) in [7, 11) is 1.30. The summed E-state index contributed by atoms with van der Waals surface area (Å²) in [4.78, 5) is 26.8. The monoisotopic (exact) mass is 278 g/mol. The fourth-order valence-corrected chi connectivity index (χ4v) is 1.50. The number of carbonyl (C=O) groups is 2. The van der Waals surface area contributed by atoms with Crippen molar-refractivity contribution in [2.45, 2.75) is 19.5 Å². The number of hydrogen-bond donors (Lipinski definition) is 1. The minimum Gasteiger partial charge on any atom is -0.468 e. The van der Waals surface area contributed by atoms with E-state index in [0.717, 1.165) is 0 Å². The van der Waals surface area contributed by atoms with Gasteiger partial charge in [0.2, 0.25) is 5.91 Å². The lowest BCUT2D eigenvalue weighted by atomic mass is 10.3. The molecule has 1 N–H and O–H groups in total. The Morgan fingerprint density at radius 1 is 1.45 bits per heavy atom. The first-order chi connectivity index (χ1) is 9.60. The van der Waals surface area contributed by atoms with Crippen LogP contribution < -0.4 is 5.32 Å². The molecular weight excluding hydrogens is 264 g/mol. The molecule has 0 bridgehead atoms. The average Bonchev–Trinajstić information content (AvgIpc) is 3.09. The Balaban J connectivity index is 1.96. The maximum absolute atomic E-state index is 12.0. The molecule has 0 radical (unpaired) electrons. The molecule has 0 saturated heterocycles. The van der Waals surface area contributed by atoms with Crippen molar-refractivity contribution >= 4 is 17.6 Å². The van der Waals surface area contributed by atoms with Gasteiger partial charge in [0.25, 0.3) is 0 Å². The highest BCUT2D eigenvalue weighted by Crippen LogP contribution is 2.10. The van der Waals surface area contributed by atoms with Crippen LogP contribution in [-0.2, 0) is 20.9 Å². The summed E-state index contributed by atoms with van der Waals surface area (Å²) in [6.07, 6.45) is 5.82. The van der Waals surface area contributed by atoms with E-state index < -0.39 is 12.0 Å². The Kier molecular flexibility index (Phi) is 4.08. The largest absolute Gasteiger partial charge is 0.468 e. The van der Waals surface area contributed by atoms with E-state index in [4.69, 9.17) is 0 Å². The normalized spacial score (nSPS) is 11.9. The molecule has 0 fully saturated rings. The van der Waals surface area contributed by atoms with E-state index >= 15 is 0 Å². The molecule has 106 valence electrons. The Hall–Kier alpha value is -2.71. The molecule has 2 heterocycles. The van der Waals surface area contributed by atoms with E-state index in [1.807, 2.05) is 0 Å². The van der Waals surface area contributed by atoms with E-state index in [2.05, 4.69) is 25.2 Å². The summed E-state index contributed by atoms with van der Waals surface area (Å²) >= 11 is 0. The maximum atomic E-state index is 12.0. The van der Waals surface area contributed by atoms with Crippen LogP contribution in [0.4, 0.5) is 5.69 Å². The average molecular weight is 278 g/mol. The smallest absolute Gasteiger partial charge is 0.327 e. The third kappa shape index (κ3) is 3.19. The summed E-state index contributed by atoms with van der Waals surface area (Å²) in [6, 6.07) is -0.499. The van der Waals surface area contributed by atoms with E-state index in [1.165, 1.54) is 35.3 Å². The molecule has 0 aliphatic carbocycles. The van der Waals surface area contributed by atoms with Crippen LogP contribution in [-0.4, -0.2) is 43.5 Å². The summed E-state index contributed by atoms with van der Waals surface area (Å²) in [5.41, 5.74) is 0.492. The third-order valence-electron chi connectivity index (χ3n) is 2.63. The predicted octanol–water partition coefficient (Wildman–Crippen LogP) is -0.153. The molecule has 0 aliphatic heterocycles. The third-order valence-corrected chi connectivity index (χ3v) is 2.63. The molecule has 1 atom stereocenters. The lowest BCUT2D eigenvalue weighted by molar-refractivity contribution is -0.141. The number of esters is 1. The summed E-state index contributed by atoms with van der Waals surface area (Å²) in [6.45, 7) is 1.69. The molecular formula is C11H14N6O3. The number of rotatable bonds is 5. The minimum atomic E-state index is -0.499. The summed E-state index contributed by atoms with van der Waals surface area (Å²) in [5.74, 6) is -0.671. The number of hydrogen-bond acceptors (Lipinski definition) is 6. The second-order valence-electron chi connectivity index (χ2n) is 4.04. The number of methoxy groups -OCH3 is 1. The Morgan fingerprint density at radius 3 is 2.90 bits per heavy atom. The van der Waals surface area contributed by atoms with E-state index in [0.29, 0.717) is 5.69 Å². The van der Waals surface area contributed by atoms with Gasteiger partial charge < -0.3 is 10.1 Å². The molecule has 1 unspecified atom stereocenters. The van der Waals surface area contributed by atoms with Gasteiger partial charge in [0.05, 0.1) is 19.0 Å². The highest BCUT2D eigenvalue weighted by Gasteiger charge is 2.16. The molecule has 9 nitrogen and oxygen atoms in total. The number of carbonyl (C=O) groups excluding carboxylic acids is 2. The molecule has 1 amide bonds. The first kappa shape index (κ1) is 13.7. The first-order valence-corrected chi connectivity index (χ1v) is 5.84. The zero-order valence-corrected chi connectivity index (χ0v) is 11.1. The minimum absolute atomic E-state index is 0.00893. The van der Waals surface area contributed by atoms with Crippen LogP contribution in [0.1, 0.15) is 13.0 Å². The molecule has 2 rings (SSSR count). The zero-order chi connectivity index (χ0) is 14.5. The molecule has 9 heteroatoms. The van der Waals surface area contributed by atoms with Crippen molar-refractivity contribution in [2.24, 2.45) is 0 Å². The standard InChI is InChI=1S/C11H14N6O3/c1-8(17-7-12-6-14-17)11(19)15-9-3-13-16(4-9)5-10(18)20-2/h3-4,6-8H,5H2,1-2H3,(H,15,19). The van der Waals surface area contributed by atoms with Crippen LogP contribution in [0.15, 0.2) is 25.0 Å². The Labute approximate surface area is 114 Å².